The topological polar surface area (TPSA) is 41.9 Å². The second-order valence-corrected chi connectivity index (χ2v) is 8.09. The van der Waals surface area contributed by atoms with Gasteiger partial charge in [0.25, 0.3) is 5.91 Å². The summed E-state index contributed by atoms with van der Waals surface area (Å²) in [5, 5.41) is 0.794. The number of thioether (sulfide) groups is 1. The molecule has 1 saturated carbocycles. The van der Waals surface area contributed by atoms with Crippen molar-refractivity contribution in [3.63, 3.8) is 0 Å². The fraction of sp³-hybridized carbons (Fsp3) is 0.304. The molecule has 0 N–H and O–H groups in total. The molecule has 4 rings (SSSR count). The maximum absolute atomic E-state index is 13.3. The third-order valence-corrected chi connectivity index (χ3v) is 6.15. The summed E-state index contributed by atoms with van der Waals surface area (Å²) in [5.74, 6) is 0.880. The number of carbonyl (C=O) groups is 1. The number of aliphatic imine (C=N–C) groups is 1. The van der Waals surface area contributed by atoms with E-state index in [1.807, 2.05) is 65.6 Å². The van der Waals surface area contributed by atoms with Crippen molar-refractivity contribution >= 4 is 34.6 Å². The number of rotatable bonds is 4. The smallest absolute Gasteiger partial charge is 0.267 e. The average Bonchev–Trinajstić information content (AvgIpc) is 3.04. The highest BCUT2D eigenvalue weighted by Gasteiger charge is 2.38. The van der Waals surface area contributed by atoms with Gasteiger partial charge in [-0.2, -0.15) is 0 Å². The van der Waals surface area contributed by atoms with Gasteiger partial charge >= 0.3 is 0 Å². The molecule has 2 aromatic rings. The van der Waals surface area contributed by atoms with Gasteiger partial charge in [0, 0.05) is 6.04 Å². The summed E-state index contributed by atoms with van der Waals surface area (Å²) in [5.41, 5.74) is 1.87. The Labute approximate surface area is 170 Å². The maximum atomic E-state index is 13.3. The summed E-state index contributed by atoms with van der Waals surface area (Å²) < 4.78 is 5.22. The molecule has 2 aromatic carbocycles. The Morgan fingerprint density at radius 1 is 1.04 bits per heavy atom. The molecule has 0 aromatic heterocycles. The zero-order valence-electron chi connectivity index (χ0n) is 16.0. The minimum absolute atomic E-state index is 0.0717. The number of benzene rings is 2. The van der Waals surface area contributed by atoms with Crippen molar-refractivity contribution in [1.29, 1.82) is 0 Å². The quantitative estimate of drug-likeness (QED) is 0.633. The van der Waals surface area contributed by atoms with Gasteiger partial charge in [0.1, 0.15) is 5.75 Å². The fourth-order valence-corrected chi connectivity index (χ4v) is 4.75. The summed E-state index contributed by atoms with van der Waals surface area (Å²) in [6.07, 6.45) is 7.66. The van der Waals surface area contributed by atoms with Crippen LogP contribution in [0.2, 0.25) is 0 Å². The first kappa shape index (κ1) is 18.8. The van der Waals surface area contributed by atoms with Gasteiger partial charge in [-0.25, -0.2) is 4.99 Å². The molecule has 5 heteroatoms. The minimum atomic E-state index is 0.0717. The lowest BCUT2D eigenvalue weighted by Gasteiger charge is -2.30. The van der Waals surface area contributed by atoms with Gasteiger partial charge in [0.2, 0.25) is 0 Å². The van der Waals surface area contributed by atoms with E-state index in [0.29, 0.717) is 0 Å². The van der Waals surface area contributed by atoms with Gasteiger partial charge < -0.3 is 4.74 Å². The Morgan fingerprint density at radius 2 is 1.75 bits per heavy atom. The van der Waals surface area contributed by atoms with E-state index in [1.165, 1.54) is 31.0 Å². The lowest BCUT2D eigenvalue weighted by atomic mass is 9.94. The van der Waals surface area contributed by atoms with Crippen molar-refractivity contribution in [3.05, 3.63) is 65.1 Å². The average molecular weight is 393 g/mol. The first-order valence-corrected chi connectivity index (χ1v) is 10.6. The number of hydrogen-bond donors (Lipinski definition) is 0. The van der Waals surface area contributed by atoms with Crippen molar-refractivity contribution in [2.45, 2.75) is 38.1 Å². The Bertz CT molecular complexity index is 885. The van der Waals surface area contributed by atoms with E-state index in [0.717, 1.165) is 39.9 Å². The Hall–Kier alpha value is -2.53. The number of amidine groups is 1. The molecular formula is C23H24N2O2S. The van der Waals surface area contributed by atoms with Crippen molar-refractivity contribution < 1.29 is 9.53 Å². The highest BCUT2D eigenvalue weighted by molar-refractivity contribution is 8.18. The predicted molar refractivity (Wildman–Crippen MR) is 116 cm³/mol. The molecule has 0 unspecified atom stereocenters. The number of ether oxygens (including phenoxy) is 1. The number of nitrogens with zero attached hydrogens (tertiary/aromatic N) is 2. The van der Waals surface area contributed by atoms with Crippen molar-refractivity contribution in [2.75, 3.05) is 7.11 Å². The van der Waals surface area contributed by atoms with Crippen molar-refractivity contribution in [3.8, 4) is 5.75 Å². The third-order valence-electron chi connectivity index (χ3n) is 5.17. The van der Waals surface area contributed by atoms with E-state index in [1.54, 1.807) is 7.11 Å². The van der Waals surface area contributed by atoms with Crippen LogP contribution < -0.4 is 4.74 Å². The summed E-state index contributed by atoms with van der Waals surface area (Å²) in [6.45, 7) is 0. The number of hydrogen-bond acceptors (Lipinski definition) is 4. The fourth-order valence-electron chi connectivity index (χ4n) is 3.69. The molecule has 2 fully saturated rings. The third kappa shape index (κ3) is 4.14. The predicted octanol–water partition coefficient (Wildman–Crippen LogP) is 5.63. The SMILES string of the molecule is COc1ccc(C=C2SC(=Nc3ccccc3)N(C3CCCCC3)C2=O)cc1. The maximum Gasteiger partial charge on any atom is 0.267 e. The van der Waals surface area contributed by atoms with Gasteiger partial charge in [-0.1, -0.05) is 49.6 Å². The Morgan fingerprint density at radius 3 is 2.43 bits per heavy atom. The van der Waals surface area contributed by atoms with Crippen molar-refractivity contribution in [2.24, 2.45) is 4.99 Å². The lowest BCUT2D eigenvalue weighted by Crippen LogP contribution is -2.40. The number of amides is 1. The van der Waals surface area contributed by atoms with Gasteiger partial charge in [-0.3, -0.25) is 9.69 Å². The Kier molecular flexibility index (Phi) is 5.81. The molecule has 0 radical (unpaired) electrons. The number of methoxy groups -OCH3 is 1. The molecule has 4 nitrogen and oxygen atoms in total. The van der Waals surface area contributed by atoms with Crippen LogP contribution in [0, 0.1) is 0 Å². The van der Waals surface area contributed by atoms with Crippen LogP contribution in [0.15, 0.2) is 64.5 Å². The monoisotopic (exact) mass is 392 g/mol. The second-order valence-electron chi connectivity index (χ2n) is 7.08. The standard InChI is InChI=1S/C23H24N2O2S/c1-27-20-14-12-17(13-15-20)16-21-22(26)25(19-10-6-3-7-11-19)23(28-21)24-18-8-4-2-5-9-18/h2,4-5,8-9,12-16,19H,3,6-7,10-11H2,1H3. The van der Waals surface area contributed by atoms with Crippen LogP contribution in [0.1, 0.15) is 37.7 Å². The van der Waals surface area contributed by atoms with E-state index in [4.69, 9.17) is 9.73 Å². The van der Waals surface area contributed by atoms with Gasteiger partial charge in [-0.05, 0) is 60.5 Å². The second kappa shape index (κ2) is 8.65. The molecule has 1 heterocycles. The van der Waals surface area contributed by atoms with Crippen LogP contribution in [0.4, 0.5) is 5.69 Å². The highest BCUT2D eigenvalue weighted by atomic mass is 32.2. The molecule has 1 aliphatic heterocycles. The normalized spacial score (nSPS) is 20.9. The molecule has 0 atom stereocenters. The molecule has 0 bridgehead atoms. The zero-order valence-corrected chi connectivity index (χ0v) is 16.8. The van der Waals surface area contributed by atoms with E-state index in [2.05, 4.69) is 0 Å². The van der Waals surface area contributed by atoms with Crippen LogP contribution in [0.5, 0.6) is 5.75 Å². The molecular weight excluding hydrogens is 368 g/mol. The van der Waals surface area contributed by atoms with Gasteiger partial charge in [0.15, 0.2) is 5.17 Å². The molecule has 1 saturated heterocycles. The van der Waals surface area contributed by atoms with E-state index in [9.17, 15) is 4.79 Å². The van der Waals surface area contributed by atoms with E-state index in [-0.39, 0.29) is 11.9 Å². The molecule has 1 aliphatic carbocycles. The zero-order chi connectivity index (χ0) is 19.3. The van der Waals surface area contributed by atoms with Gasteiger partial charge in [-0.15, -0.1) is 0 Å². The van der Waals surface area contributed by atoms with Crippen LogP contribution >= 0.6 is 11.8 Å². The van der Waals surface area contributed by atoms with Crippen LogP contribution in [-0.4, -0.2) is 29.1 Å². The first-order valence-electron chi connectivity index (χ1n) is 9.75. The first-order chi connectivity index (χ1) is 13.7. The molecule has 2 aliphatic rings. The molecule has 1 amide bonds. The van der Waals surface area contributed by atoms with E-state index < -0.39 is 0 Å². The lowest BCUT2D eigenvalue weighted by molar-refractivity contribution is -0.124. The number of para-hydroxylation sites is 1. The minimum Gasteiger partial charge on any atom is -0.497 e. The van der Waals surface area contributed by atoms with Crippen molar-refractivity contribution in [1.82, 2.24) is 4.90 Å². The Balaban J connectivity index is 1.66. The highest BCUT2D eigenvalue weighted by Crippen LogP contribution is 2.38. The summed E-state index contributed by atoms with van der Waals surface area (Å²) in [4.78, 5) is 20.7. The molecule has 144 valence electrons. The molecule has 28 heavy (non-hydrogen) atoms. The molecule has 0 spiro atoms. The van der Waals surface area contributed by atoms with E-state index >= 15 is 0 Å². The number of carbonyl (C=O) groups excluding carboxylic acids is 1. The summed E-state index contributed by atoms with van der Waals surface area (Å²) >= 11 is 1.48. The summed E-state index contributed by atoms with van der Waals surface area (Å²) in [7, 11) is 1.65. The van der Waals surface area contributed by atoms with Crippen LogP contribution in [0.3, 0.4) is 0 Å². The van der Waals surface area contributed by atoms with Crippen LogP contribution in [-0.2, 0) is 4.79 Å². The summed E-state index contributed by atoms with van der Waals surface area (Å²) in [6, 6.07) is 17.9. The largest absolute Gasteiger partial charge is 0.497 e. The van der Waals surface area contributed by atoms with Crippen LogP contribution in [0.25, 0.3) is 6.08 Å². The van der Waals surface area contributed by atoms with Gasteiger partial charge in [0.05, 0.1) is 17.7 Å².